The fourth-order valence-corrected chi connectivity index (χ4v) is 1.14. The van der Waals surface area contributed by atoms with Crippen LogP contribution in [0.15, 0.2) is 24.3 Å². The van der Waals surface area contributed by atoms with E-state index in [0.717, 1.165) is 0 Å². The minimum Gasteiger partial charge on any atom is -0.298 e. The molecule has 0 bridgehead atoms. The molecule has 0 atom stereocenters. The molecule has 64 valence electrons. The number of halogens is 1. The van der Waals surface area contributed by atoms with Crippen LogP contribution >= 0.6 is 0 Å². The van der Waals surface area contributed by atoms with Gasteiger partial charge in [-0.25, -0.2) is 4.39 Å². The Bertz CT molecular complexity index is 286. The van der Waals surface area contributed by atoms with Gasteiger partial charge >= 0.3 is 0 Å². The molecule has 0 unspecified atom stereocenters. The summed E-state index contributed by atoms with van der Waals surface area (Å²) >= 11 is 0. The molecule has 0 heterocycles. The smallest absolute Gasteiger partial charge is 0.150 e. The van der Waals surface area contributed by atoms with Crippen LogP contribution in [0.25, 0.3) is 0 Å². The Morgan fingerprint density at radius 3 is 2.33 bits per heavy atom. The molecular weight excluding hydrogens is 155 g/mol. The molecule has 0 aliphatic rings. The molecule has 0 fully saturated rings. The second-order valence-electron chi connectivity index (χ2n) is 3.18. The maximum atomic E-state index is 13.4. The molecule has 0 spiro atoms. The summed E-state index contributed by atoms with van der Waals surface area (Å²) in [4.78, 5) is 10.5. The fraction of sp³-hybridized carbons (Fsp3) is 0.300. The quantitative estimate of drug-likeness (QED) is 0.617. The van der Waals surface area contributed by atoms with Gasteiger partial charge in [-0.15, -0.1) is 0 Å². The average Bonchev–Trinajstić information content (AvgIpc) is 2.03. The fourth-order valence-electron chi connectivity index (χ4n) is 1.14. The largest absolute Gasteiger partial charge is 0.298 e. The molecule has 1 nitrogen and oxygen atoms in total. The van der Waals surface area contributed by atoms with Crippen molar-refractivity contribution in [1.29, 1.82) is 0 Å². The third kappa shape index (κ3) is 1.70. The highest BCUT2D eigenvalue weighted by Gasteiger charge is 2.21. The van der Waals surface area contributed by atoms with Crippen molar-refractivity contribution in [3.8, 4) is 0 Å². The summed E-state index contributed by atoms with van der Waals surface area (Å²) in [5, 5.41) is 0. The van der Waals surface area contributed by atoms with Gasteiger partial charge in [0.1, 0.15) is 12.0 Å². The van der Waals surface area contributed by atoms with Crippen LogP contribution in [-0.4, -0.2) is 6.29 Å². The van der Waals surface area contributed by atoms with Crippen LogP contribution in [0.3, 0.4) is 0 Å². The van der Waals surface area contributed by atoms with Crippen molar-refractivity contribution in [3.05, 3.63) is 35.4 Å². The lowest BCUT2D eigenvalue weighted by Gasteiger charge is -2.15. The summed E-state index contributed by atoms with van der Waals surface area (Å²) in [5.74, 6) is 0. The highest BCUT2D eigenvalue weighted by atomic mass is 19.1. The van der Waals surface area contributed by atoms with Crippen LogP contribution in [0.5, 0.6) is 0 Å². The van der Waals surface area contributed by atoms with Crippen molar-refractivity contribution >= 4 is 6.29 Å². The number of carbonyl (C=O) groups is 1. The second-order valence-corrected chi connectivity index (χ2v) is 3.18. The Hall–Kier alpha value is -1.18. The van der Waals surface area contributed by atoms with E-state index in [1.807, 2.05) is 0 Å². The molecule has 0 saturated carbocycles. The van der Waals surface area contributed by atoms with Crippen LogP contribution in [0, 0.1) is 0 Å². The lowest BCUT2D eigenvalue weighted by Crippen LogP contribution is -2.11. The molecule has 1 aromatic carbocycles. The minimum absolute atomic E-state index is 0.421. The molecule has 0 N–H and O–H groups in total. The van der Waals surface area contributed by atoms with E-state index in [4.69, 9.17) is 0 Å². The first-order valence-electron chi connectivity index (χ1n) is 3.79. The van der Waals surface area contributed by atoms with Gasteiger partial charge in [0, 0.05) is 5.56 Å². The van der Waals surface area contributed by atoms with Gasteiger partial charge < -0.3 is 0 Å². The Kier molecular flexibility index (Phi) is 2.27. The molecule has 0 aromatic heterocycles. The first-order valence-corrected chi connectivity index (χ1v) is 3.79. The maximum absolute atomic E-state index is 13.4. The summed E-state index contributed by atoms with van der Waals surface area (Å²) in [6.45, 7) is 2.88. The average molecular weight is 166 g/mol. The first kappa shape index (κ1) is 8.91. The predicted molar refractivity (Wildman–Crippen MR) is 46.0 cm³/mol. The molecule has 2 heteroatoms. The third-order valence-electron chi connectivity index (χ3n) is 1.73. The van der Waals surface area contributed by atoms with Crippen molar-refractivity contribution in [2.24, 2.45) is 0 Å². The van der Waals surface area contributed by atoms with Crippen molar-refractivity contribution in [3.63, 3.8) is 0 Å². The van der Waals surface area contributed by atoms with Gasteiger partial charge in [0.25, 0.3) is 0 Å². The molecule has 0 radical (unpaired) electrons. The van der Waals surface area contributed by atoms with Crippen LogP contribution < -0.4 is 0 Å². The van der Waals surface area contributed by atoms with Crippen molar-refractivity contribution in [2.75, 3.05) is 0 Å². The standard InChI is InChI=1S/C10H11FO/c1-10(2,11)9-6-4-3-5-8(9)7-12/h3-7H,1-2H3. The zero-order chi connectivity index (χ0) is 9.19. The second kappa shape index (κ2) is 3.05. The molecular formula is C10H11FO. The summed E-state index contributed by atoms with van der Waals surface area (Å²) in [6, 6.07) is 6.69. The summed E-state index contributed by atoms with van der Waals surface area (Å²) in [5.41, 5.74) is -0.581. The van der Waals surface area contributed by atoms with Gasteiger partial charge in [-0.05, 0) is 19.4 Å². The molecule has 12 heavy (non-hydrogen) atoms. The van der Waals surface area contributed by atoms with E-state index in [9.17, 15) is 9.18 Å². The van der Waals surface area contributed by atoms with Gasteiger partial charge in [0.15, 0.2) is 0 Å². The van der Waals surface area contributed by atoms with Crippen molar-refractivity contribution in [1.82, 2.24) is 0 Å². The number of carbonyl (C=O) groups excluding carboxylic acids is 1. The minimum atomic E-state index is -1.45. The Labute approximate surface area is 71.2 Å². The van der Waals surface area contributed by atoms with Crippen LogP contribution in [-0.2, 0) is 5.67 Å². The third-order valence-corrected chi connectivity index (χ3v) is 1.73. The number of hydrogen-bond donors (Lipinski definition) is 0. The molecule has 1 aromatic rings. The number of benzene rings is 1. The van der Waals surface area contributed by atoms with E-state index in [2.05, 4.69) is 0 Å². The lowest BCUT2D eigenvalue weighted by atomic mass is 9.95. The molecule has 0 aliphatic heterocycles. The SMILES string of the molecule is CC(C)(F)c1ccccc1C=O. The van der Waals surface area contributed by atoms with E-state index in [1.54, 1.807) is 24.3 Å². The molecule has 0 saturated heterocycles. The Balaban J connectivity index is 3.23. The number of aldehydes is 1. The van der Waals surface area contributed by atoms with E-state index in [1.165, 1.54) is 13.8 Å². The van der Waals surface area contributed by atoms with Gasteiger partial charge in [-0.3, -0.25) is 4.79 Å². The van der Waals surface area contributed by atoms with Gasteiger partial charge in [0.2, 0.25) is 0 Å². The van der Waals surface area contributed by atoms with E-state index >= 15 is 0 Å². The van der Waals surface area contributed by atoms with E-state index in [0.29, 0.717) is 17.4 Å². The van der Waals surface area contributed by atoms with Crippen molar-refractivity contribution < 1.29 is 9.18 Å². The normalized spacial score (nSPS) is 11.2. The monoisotopic (exact) mass is 166 g/mol. The van der Waals surface area contributed by atoms with Crippen LogP contribution in [0.1, 0.15) is 29.8 Å². The van der Waals surface area contributed by atoms with E-state index in [-0.39, 0.29) is 0 Å². The number of alkyl halides is 1. The Morgan fingerprint density at radius 2 is 1.92 bits per heavy atom. The molecule has 0 aliphatic carbocycles. The maximum Gasteiger partial charge on any atom is 0.150 e. The summed E-state index contributed by atoms with van der Waals surface area (Å²) < 4.78 is 13.4. The highest BCUT2D eigenvalue weighted by Crippen LogP contribution is 2.26. The van der Waals surface area contributed by atoms with Gasteiger partial charge in [-0.2, -0.15) is 0 Å². The van der Waals surface area contributed by atoms with Crippen LogP contribution in [0.2, 0.25) is 0 Å². The molecule has 0 amide bonds. The van der Waals surface area contributed by atoms with Crippen molar-refractivity contribution in [2.45, 2.75) is 19.5 Å². The zero-order valence-electron chi connectivity index (χ0n) is 7.17. The summed E-state index contributed by atoms with van der Waals surface area (Å²) in [7, 11) is 0. The topological polar surface area (TPSA) is 17.1 Å². The van der Waals surface area contributed by atoms with Gasteiger partial charge in [0.05, 0.1) is 0 Å². The predicted octanol–water partition coefficient (Wildman–Crippen LogP) is 2.70. The Morgan fingerprint density at radius 1 is 1.33 bits per heavy atom. The summed E-state index contributed by atoms with van der Waals surface area (Å²) in [6.07, 6.45) is 0.677. The van der Waals surface area contributed by atoms with Gasteiger partial charge in [-0.1, -0.05) is 24.3 Å². The highest BCUT2D eigenvalue weighted by molar-refractivity contribution is 5.77. The zero-order valence-corrected chi connectivity index (χ0v) is 7.17. The first-order chi connectivity index (χ1) is 5.55. The number of hydrogen-bond acceptors (Lipinski definition) is 1. The molecule has 1 rings (SSSR count). The lowest BCUT2D eigenvalue weighted by molar-refractivity contribution is 0.111. The van der Waals surface area contributed by atoms with E-state index < -0.39 is 5.67 Å². The van der Waals surface area contributed by atoms with Crippen LogP contribution in [0.4, 0.5) is 4.39 Å². The number of rotatable bonds is 2.